The van der Waals surface area contributed by atoms with E-state index < -0.39 is 11.5 Å². The number of hydrogen-bond acceptors (Lipinski definition) is 3. The lowest BCUT2D eigenvalue weighted by Gasteiger charge is -2.37. The number of carboxylic acids is 1. The first-order chi connectivity index (χ1) is 8.53. The van der Waals surface area contributed by atoms with E-state index in [9.17, 15) is 9.90 Å². The van der Waals surface area contributed by atoms with Gasteiger partial charge in [-0.1, -0.05) is 19.8 Å². The number of aliphatic carboxylic acids is 1. The summed E-state index contributed by atoms with van der Waals surface area (Å²) in [5.74, 6) is -0.756. The van der Waals surface area contributed by atoms with Crippen molar-refractivity contribution in [2.24, 2.45) is 0 Å². The highest BCUT2D eigenvalue weighted by Gasteiger charge is 2.32. The van der Waals surface area contributed by atoms with Crippen molar-refractivity contribution in [2.45, 2.75) is 64.0 Å². The van der Waals surface area contributed by atoms with Crippen molar-refractivity contribution >= 4 is 5.97 Å². The molecule has 4 nitrogen and oxygen atoms in total. The third kappa shape index (κ3) is 3.95. The topological polar surface area (TPSA) is 52.6 Å². The van der Waals surface area contributed by atoms with E-state index in [0.29, 0.717) is 12.5 Å². The number of rotatable bonds is 7. The van der Waals surface area contributed by atoms with E-state index in [2.05, 4.69) is 17.1 Å². The predicted molar refractivity (Wildman–Crippen MR) is 73.8 cm³/mol. The van der Waals surface area contributed by atoms with Crippen LogP contribution in [0.2, 0.25) is 0 Å². The molecule has 1 aliphatic rings. The third-order valence-corrected chi connectivity index (χ3v) is 4.29. The number of carboxylic acid groups (broad SMARTS) is 1. The average molecular weight is 256 g/mol. The molecule has 2 unspecified atom stereocenters. The van der Waals surface area contributed by atoms with Gasteiger partial charge in [-0.2, -0.15) is 0 Å². The lowest BCUT2D eigenvalue weighted by atomic mass is 9.94. The maximum atomic E-state index is 11.3. The van der Waals surface area contributed by atoms with Gasteiger partial charge in [-0.05, 0) is 46.2 Å². The summed E-state index contributed by atoms with van der Waals surface area (Å²) in [5, 5.41) is 12.2. The lowest BCUT2D eigenvalue weighted by molar-refractivity contribution is -0.144. The predicted octanol–water partition coefficient (Wildman–Crippen LogP) is 2.09. The Morgan fingerprint density at radius 3 is 2.78 bits per heavy atom. The second-order valence-electron chi connectivity index (χ2n) is 5.61. The molecule has 2 atom stereocenters. The average Bonchev–Trinajstić information content (AvgIpc) is 2.37. The molecule has 0 aliphatic carbocycles. The number of likely N-dealkylation sites (tertiary alicyclic amines) is 1. The molecule has 0 spiro atoms. The second-order valence-corrected chi connectivity index (χ2v) is 5.61. The maximum Gasteiger partial charge on any atom is 0.323 e. The molecule has 0 radical (unpaired) electrons. The van der Waals surface area contributed by atoms with Crippen LogP contribution in [-0.2, 0) is 4.79 Å². The molecular weight excluding hydrogens is 228 g/mol. The van der Waals surface area contributed by atoms with Crippen molar-refractivity contribution in [1.29, 1.82) is 0 Å². The summed E-state index contributed by atoms with van der Waals surface area (Å²) in [5.41, 5.74) is -0.797. The van der Waals surface area contributed by atoms with Crippen molar-refractivity contribution in [3.8, 4) is 0 Å². The Kier molecular flexibility index (Phi) is 6.09. The number of piperidine rings is 1. The van der Waals surface area contributed by atoms with Gasteiger partial charge in [-0.3, -0.25) is 4.79 Å². The largest absolute Gasteiger partial charge is 0.480 e. The molecular formula is C14H28N2O2. The van der Waals surface area contributed by atoms with E-state index in [4.69, 9.17) is 0 Å². The molecule has 1 fully saturated rings. The van der Waals surface area contributed by atoms with Gasteiger partial charge in [0.25, 0.3) is 0 Å². The Morgan fingerprint density at radius 2 is 2.22 bits per heavy atom. The molecule has 1 rings (SSSR count). The molecule has 106 valence electrons. The molecule has 0 aromatic carbocycles. The van der Waals surface area contributed by atoms with Crippen molar-refractivity contribution in [3.63, 3.8) is 0 Å². The summed E-state index contributed by atoms with van der Waals surface area (Å²) < 4.78 is 0. The van der Waals surface area contributed by atoms with E-state index in [0.717, 1.165) is 13.1 Å². The monoisotopic (exact) mass is 256 g/mol. The van der Waals surface area contributed by atoms with Gasteiger partial charge in [-0.25, -0.2) is 0 Å². The van der Waals surface area contributed by atoms with Crippen LogP contribution in [-0.4, -0.2) is 47.7 Å². The molecule has 1 heterocycles. The molecule has 0 aromatic rings. The van der Waals surface area contributed by atoms with Crippen LogP contribution in [0.15, 0.2) is 0 Å². The zero-order valence-electron chi connectivity index (χ0n) is 12.0. The molecule has 0 saturated carbocycles. The number of nitrogens with zero attached hydrogens (tertiary/aromatic N) is 1. The fourth-order valence-corrected chi connectivity index (χ4v) is 2.72. The molecule has 0 aromatic heterocycles. The second kappa shape index (κ2) is 7.10. The number of hydrogen-bond donors (Lipinski definition) is 2. The quantitative estimate of drug-likeness (QED) is 0.732. The fourth-order valence-electron chi connectivity index (χ4n) is 2.72. The summed E-state index contributed by atoms with van der Waals surface area (Å²) in [6, 6.07) is 0.665. The zero-order valence-corrected chi connectivity index (χ0v) is 12.0. The van der Waals surface area contributed by atoms with Crippen molar-refractivity contribution in [1.82, 2.24) is 10.2 Å². The van der Waals surface area contributed by atoms with E-state index in [1.165, 1.54) is 32.1 Å². The summed E-state index contributed by atoms with van der Waals surface area (Å²) in [4.78, 5) is 13.7. The molecule has 2 N–H and O–H groups in total. The van der Waals surface area contributed by atoms with Gasteiger partial charge < -0.3 is 15.3 Å². The van der Waals surface area contributed by atoms with E-state index in [-0.39, 0.29) is 0 Å². The van der Waals surface area contributed by atoms with Crippen LogP contribution < -0.4 is 5.32 Å². The third-order valence-electron chi connectivity index (χ3n) is 4.29. The summed E-state index contributed by atoms with van der Waals surface area (Å²) >= 11 is 0. The first-order valence-corrected chi connectivity index (χ1v) is 7.20. The highest BCUT2D eigenvalue weighted by molar-refractivity contribution is 5.78. The summed E-state index contributed by atoms with van der Waals surface area (Å²) in [7, 11) is 1.73. The zero-order chi connectivity index (χ0) is 13.6. The van der Waals surface area contributed by atoms with Crippen LogP contribution in [0.5, 0.6) is 0 Å². The van der Waals surface area contributed by atoms with Gasteiger partial charge in [0.1, 0.15) is 5.54 Å². The van der Waals surface area contributed by atoms with Gasteiger partial charge in [0.15, 0.2) is 0 Å². The smallest absolute Gasteiger partial charge is 0.323 e. The molecule has 0 bridgehead atoms. The van der Waals surface area contributed by atoms with Gasteiger partial charge >= 0.3 is 5.97 Å². The SMILES string of the molecule is CCCC1CCCCN1CCC(C)(NC)C(=O)O. The van der Waals surface area contributed by atoms with Crippen LogP contribution in [0.25, 0.3) is 0 Å². The molecule has 18 heavy (non-hydrogen) atoms. The van der Waals surface area contributed by atoms with E-state index in [1.54, 1.807) is 14.0 Å². The van der Waals surface area contributed by atoms with Gasteiger partial charge in [0, 0.05) is 12.6 Å². The Hall–Kier alpha value is -0.610. The maximum absolute atomic E-state index is 11.3. The van der Waals surface area contributed by atoms with Crippen molar-refractivity contribution in [2.75, 3.05) is 20.1 Å². The molecule has 0 amide bonds. The summed E-state index contributed by atoms with van der Waals surface area (Å²) in [6.07, 6.45) is 6.97. The Morgan fingerprint density at radius 1 is 1.50 bits per heavy atom. The molecule has 4 heteroatoms. The van der Waals surface area contributed by atoms with Crippen LogP contribution in [0.1, 0.15) is 52.4 Å². The number of likely N-dealkylation sites (N-methyl/N-ethyl adjacent to an activating group) is 1. The minimum atomic E-state index is -0.797. The van der Waals surface area contributed by atoms with Crippen LogP contribution in [0, 0.1) is 0 Å². The standard InChI is InChI=1S/C14H28N2O2/c1-4-7-12-8-5-6-10-16(12)11-9-14(2,15-3)13(17)18/h12,15H,4-11H2,1-3H3,(H,17,18). The lowest BCUT2D eigenvalue weighted by Crippen LogP contribution is -2.51. The minimum Gasteiger partial charge on any atom is -0.480 e. The van der Waals surface area contributed by atoms with Crippen LogP contribution >= 0.6 is 0 Å². The van der Waals surface area contributed by atoms with Gasteiger partial charge in [0.2, 0.25) is 0 Å². The van der Waals surface area contributed by atoms with Crippen LogP contribution in [0.3, 0.4) is 0 Å². The Balaban J connectivity index is 2.51. The minimum absolute atomic E-state index is 0.665. The van der Waals surface area contributed by atoms with Gasteiger partial charge in [0.05, 0.1) is 0 Å². The van der Waals surface area contributed by atoms with Crippen molar-refractivity contribution < 1.29 is 9.90 Å². The molecule has 1 saturated heterocycles. The van der Waals surface area contributed by atoms with E-state index in [1.807, 2.05) is 0 Å². The Labute approximate surface area is 111 Å². The Bertz CT molecular complexity index is 269. The van der Waals surface area contributed by atoms with Gasteiger partial charge in [-0.15, -0.1) is 0 Å². The highest BCUT2D eigenvalue weighted by Crippen LogP contribution is 2.22. The normalized spacial score (nSPS) is 24.7. The van der Waals surface area contributed by atoms with Crippen LogP contribution in [0.4, 0.5) is 0 Å². The van der Waals surface area contributed by atoms with Crippen molar-refractivity contribution in [3.05, 3.63) is 0 Å². The number of nitrogens with one attached hydrogen (secondary N) is 1. The number of carbonyl (C=O) groups is 1. The first kappa shape index (κ1) is 15.4. The summed E-state index contributed by atoms with van der Waals surface area (Å²) in [6.45, 7) is 6.01. The fraction of sp³-hybridized carbons (Fsp3) is 0.929. The first-order valence-electron chi connectivity index (χ1n) is 7.20. The highest BCUT2D eigenvalue weighted by atomic mass is 16.4. The molecule has 1 aliphatic heterocycles. The van der Waals surface area contributed by atoms with E-state index >= 15 is 0 Å².